The lowest BCUT2D eigenvalue weighted by Gasteiger charge is -2.40. The van der Waals surface area contributed by atoms with Crippen LogP contribution < -0.4 is 15.5 Å². The molecule has 246 valence electrons. The molecule has 2 aliphatic heterocycles. The van der Waals surface area contributed by atoms with Gasteiger partial charge in [-0.25, -0.2) is 14.4 Å². The highest BCUT2D eigenvalue weighted by molar-refractivity contribution is 6.07. The quantitative estimate of drug-likeness (QED) is 0.280. The van der Waals surface area contributed by atoms with Crippen molar-refractivity contribution in [3.8, 4) is 6.07 Å². The summed E-state index contributed by atoms with van der Waals surface area (Å²) in [6.07, 6.45) is 0. The van der Waals surface area contributed by atoms with Crippen LogP contribution in [0.4, 0.5) is 11.4 Å². The molecule has 0 radical (unpaired) electrons. The molecule has 1 fully saturated rings. The number of nitriles is 1. The summed E-state index contributed by atoms with van der Waals surface area (Å²) in [5.41, 5.74) is 8.35. The van der Waals surface area contributed by atoms with Gasteiger partial charge in [-0.15, -0.1) is 0 Å². The van der Waals surface area contributed by atoms with E-state index in [1.165, 1.54) is 25.2 Å². The van der Waals surface area contributed by atoms with E-state index in [4.69, 9.17) is 19.9 Å². The largest absolute Gasteiger partial charge is 0.466 e. The minimum atomic E-state index is -1.06. The Labute approximate surface area is 278 Å². The van der Waals surface area contributed by atoms with E-state index in [9.17, 15) is 24.4 Å². The van der Waals surface area contributed by atoms with E-state index in [0.717, 1.165) is 0 Å². The molecule has 0 aromatic heterocycles. The molecule has 0 bridgehead atoms. The fourth-order valence-corrected chi connectivity index (χ4v) is 5.99. The third-order valence-electron chi connectivity index (χ3n) is 8.27. The second-order valence-corrected chi connectivity index (χ2v) is 10.9. The Bertz CT molecular complexity index is 1820. The normalized spacial score (nSPS) is 16.3. The van der Waals surface area contributed by atoms with E-state index in [1.807, 2.05) is 23.1 Å². The minimum Gasteiger partial charge on any atom is -0.466 e. The van der Waals surface area contributed by atoms with Gasteiger partial charge in [-0.2, -0.15) is 5.26 Å². The molecule has 2 aliphatic rings. The van der Waals surface area contributed by atoms with E-state index >= 15 is 0 Å². The number of nitrogens with two attached hydrogens (primary N) is 1. The second-order valence-electron chi connectivity index (χ2n) is 10.9. The summed E-state index contributed by atoms with van der Waals surface area (Å²) in [7, 11) is 2.34. The third-order valence-corrected chi connectivity index (χ3v) is 8.27. The molecule has 2 N–H and O–H groups in total. The molecule has 12 heteroatoms. The highest BCUT2D eigenvalue weighted by atomic mass is 16.5. The molecule has 2 heterocycles. The fraction of sp³-hybridized carbons (Fsp3) is 0.250. The number of hydrogen-bond donors (Lipinski definition) is 1. The topological polar surface area (TPSA) is 155 Å². The first-order valence-corrected chi connectivity index (χ1v) is 15.3. The van der Waals surface area contributed by atoms with Gasteiger partial charge in [0.15, 0.2) is 0 Å². The Kier molecular flexibility index (Phi) is 10.1. The number of esters is 3. The molecule has 1 amide bonds. The van der Waals surface area contributed by atoms with Gasteiger partial charge in [-0.3, -0.25) is 9.69 Å². The number of allylic oxidation sites excluding steroid dienone is 1. The Morgan fingerprint density at radius 1 is 0.812 bits per heavy atom. The molecule has 1 unspecified atom stereocenters. The van der Waals surface area contributed by atoms with Crippen LogP contribution in [0.3, 0.4) is 0 Å². The molecule has 0 saturated carbocycles. The smallest absolute Gasteiger partial charge is 0.355 e. The van der Waals surface area contributed by atoms with E-state index in [1.54, 1.807) is 66.4 Å². The highest BCUT2D eigenvalue weighted by Gasteiger charge is 2.44. The molecule has 3 aromatic carbocycles. The number of carbonyl (C=O) groups is 4. The third kappa shape index (κ3) is 6.30. The maximum absolute atomic E-state index is 13.7. The summed E-state index contributed by atoms with van der Waals surface area (Å²) >= 11 is 0. The number of ether oxygens (including phenoxy) is 3. The molecular formula is C36H35N5O7. The first-order chi connectivity index (χ1) is 23.2. The van der Waals surface area contributed by atoms with E-state index in [-0.39, 0.29) is 46.4 Å². The van der Waals surface area contributed by atoms with Gasteiger partial charge in [0.05, 0.1) is 60.9 Å². The van der Waals surface area contributed by atoms with Crippen molar-refractivity contribution in [2.45, 2.75) is 12.8 Å². The van der Waals surface area contributed by atoms with Gasteiger partial charge >= 0.3 is 17.9 Å². The lowest BCUT2D eigenvalue weighted by Crippen LogP contribution is -2.49. The van der Waals surface area contributed by atoms with Crippen molar-refractivity contribution in [2.75, 3.05) is 56.8 Å². The van der Waals surface area contributed by atoms with Crippen LogP contribution in [-0.2, 0) is 23.8 Å². The van der Waals surface area contributed by atoms with Crippen LogP contribution in [0, 0.1) is 11.3 Å². The van der Waals surface area contributed by atoms with Crippen molar-refractivity contribution in [1.82, 2.24) is 4.90 Å². The zero-order chi connectivity index (χ0) is 34.4. The van der Waals surface area contributed by atoms with Crippen LogP contribution in [0.2, 0.25) is 0 Å². The average Bonchev–Trinajstić information content (AvgIpc) is 3.14. The van der Waals surface area contributed by atoms with Crippen LogP contribution in [0.1, 0.15) is 39.1 Å². The van der Waals surface area contributed by atoms with E-state index < -0.39 is 23.8 Å². The highest BCUT2D eigenvalue weighted by Crippen LogP contribution is 2.45. The number of methoxy groups -OCH3 is 2. The van der Waals surface area contributed by atoms with Gasteiger partial charge < -0.3 is 29.7 Å². The van der Waals surface area contributed by atoms with Crippen LogP contribution in [0.5, 0.6) is 0 Å². The molecule has 1 atom stereocenters. The van der Waals surface area contributed by atoms with Gasteiger partial charge in [0.25, 0.3) is 5.91 Å². The molecule has 3 aromatic rings. The van der Waals surface area contributed by atoms with Crippen molar-refractivity contribution < 1.29 is 33.4 Å². The summed E-state index contributed by atoms with van der Waals surface area (Å²) in [4.78, 5) is 58.5. The van der Waals surface area contributed by atoms with Gasteiger partial charge in [0.2, 0.25) is 0 Å². The van der Waals surface area contributed by atoms with E-state index in [0.29, 0.717) is 43.0 Å². The number of rotatable bonds is 8. The summed E-state index contributed by atoms with van der Waals surface area (Å²) in [6.45, 7) is 3.34. The number of hydrogen-bond acceptors (Lipinski definition) is 11. The molecular weight excluding hydrogens is 614 g/mol. The van der Waals surface area contributed by atoms with Crippen LogP contribution >= 0.6 is 0 Å². The Hall–Kier alpha value is -6.09. The van der Waals surface area contributed by atoms with Crippen LogP contribution in [0.15, 0.2) is 102 Å². The van der Waals surface area contributed by atoms with Crippen molar-refractivity contribution in [1.29, 1.82) is 5.26 Å². The fourth-order valence-electron chi connectivity index (χ4n) is 5.99. The number of amides is 1. The summed E-state index contributed by atoms with van der Waals surface area (Å²) in [6, 6.07) is 24.6. The molecule has 48 heavy (non-hydrogen) atoms. The molecule has 0 aliphatic carbocycles. The molecule has 0 spiro atoms. The van der Waals surface area contributed by atoms with Crippen molar-refractivity contribution in [3.63, 3.8) is 0 Å². The summed E-state index contributed by atoms with van der Waals surface area (Å²) < 4.78 is 15.6. The van der Waals surface area contributed by atoms with Gasteiger partial charge in [-0.05, 0) is 42.8 Å². The number of nitrogens with zero attached hydrogens (tertiary/aromatic N) is 4. The maximum atomic E-state index is 13.7. The lowest BCUT2D eigenvalue weighted by molar-refractivity contribution is -0.139. The van der Waals surface area contributed by atoms with Crippen molar-refractivity contribution >= 4 is 35.2 Å². The van der Waals surface area contributed by atoms with Gasteiger partial charge in [-0.1, -0.05) is 48.5 Å². The van der Waals surface area contributed by atoms with Gasteiger partial charge in [0, 0.05) is 31.7 Å². The predicted molar refractivity (Wildman–Crippen MR) is 177 cm³/mol. The van der Waals surface area contributed by atoms with Gasteiger partial charge in [0.1, 0.15) is 11.5 Å². The number of carbonyl (C=O) groups excluding carboxylic acids is 4. The summed E-state index contributed by atoms with van der Waals surface area (Å²) in [5.74, 6) is -3.70. The second kappa shape index (κ2) is 14.6. The number of benzene rings is 3. The van der Waals surface area contributed by atoms with Crippen LogP contribution in [0.25, 0.3) is 0 Å². The maximum Gasteiger partial charge on any atom is 0.355 e. The number of piperazine rings is 1. The SMILES string of the molecule is CCOC(=O)c1ccc(N2CCN(C(=O)c3ccccc3)CC2)c(N2C(N)=C(C#N)C(c3ccccc3)C(C(=O)OC)=C2C(=O)OC)c1. The zero-order valence-electron chi connectivity index (χ0n) is 26.8. The minimum absolute atomic E-state index is 0.0139. The molecule has 5 rings (SSSR count). The van der Waals surface area contributed by atoms with Crippen molar-refractivity contribution in [3.05, 3.63) is 118 Å². The first-order valence-electron chi connectivity index (χ1n) is 15.3. The average molecular weight is 650 g/mol. The van der Waals surface area contributed by atoms with Crippen molar-refractivity contribution in [2.24, 2.45) is 5.73 Å². The standard InChI is InChI=1S/C36H35N5O7/c1-4-48-34(43)25-15-16-27(39-17-19-40(20-18-39)33(42)24-13-9-6-10-14-24)28(21-25)41-31(36(45)47-3)30(35(44)46-2)29(26(22-37)32(41)38)23-11-7-5-8-12-23/h5-16,21,29H,4,17-20,38H2,1-3H3. The Balaban J connectivity index is 1.68. The van der Waals surface area contributed by atoms with Crippen LogP contribution in [-0.4, -0.2) is 75.7 Å². The molecule has 12 nitrogen and oxygen atoms in total. The molecule has 1 saturated heterocycles. The Morgan fingerprint density at radius 2 is 1.44 bits per heavy atom. The predicted octanol–water partition coefficient (Wildman–Crippen LogP) is 3.72. The lowest BCUT2D eigenvalue weighted by atomic mass is 9.81. The zero-order valence-corrected chi connectivity index (χ0v) is 26.8. The monoisotopic (exact) mass is 649 g/mol. The van der Waals surface area contributed by atoms with E-state index in [2.05, 4.69) is 6.07 Å². The Morgan fingerprint density at radius 3 is 2.02 bits per heavy atom. The summed E-state index contributed by atoms with van der Waals surface area (Å²) in [5, 5.41) is 10.5. The first kappa shape index (κ1) is 33.3. The number of anilines is 2.